The van der Waals surface area contributed by atoms with E-state index in [2.05, 4.69) is 96.0 Å². The monoisotopic (exact) mass is 645 g/mol. The number of hydrogen-bond acceptors (Lipinski definition) is 2. The van der Waals surface area contributed by atoms with E-state index < -0.39 is 13.2 Å². The zero-order chi connectivity index (χ0) is 37.5. The van der Waals surface area contributed by atoms with Crippen molar-refractivity contribution in [2.45, 2.75) is 13.2 Å². The fourth-order valence-electron chi connectivity index (χ4n) is 7.74. The number of hydrogen-bond donors (Lipinski definition) is 0. The number of furan rings is 1. The van der Waals surface area contributed by atoms with Crippen LogP contribution in [0.25, 0.3) is 93.6 Å². The molecular weight excluding hydrogens is 609 g/mol. The standard InChI is InChI=1S/C47H32N2O/c1-2-44-48-40-22-9-10-23-41(40)49(44)33-17-12-16-32(28-33)45-34-18-6-7-19-35(34)46(39-29-31(26-27-36(39)45)30-14-4-3-5-15-30)38-21-13-25-43-47(38)37-20-8-11-24-42(37)50-43/h3-29H,2H2,1H3/i1D3,2D2. The summed E-state index contributed by atoms with van der Waals surface area (Å²) in [6.07, 6.45) is -2.71. The van der Waals surface area contributed by atoms with Gasteiger partial charge in [0.25, 0.3) is 0 Å². The molecular formula is C47H32N2O. The molecule has 0 saturated carbocycles. The number of fused-ring (bicyclic) bond motifs is 6. The van der Waals surface area contributed by atoms with Crippen molar-refractivity contribution in [2.24, 2.45) is 0 Å². The lowest BCUT2D eigenvalue weighted by atomic mass is 9.84. The third-order valence-corrected chi connectivity index (χ3v) is 9.87. The van der Waals surface area contributed by atoms with Crippen LogP contribution in [0.1, 0.15) is 19.5 Å². The number of benzene rings is 8. The van der Waals surface area contributed by atoms with Gasteiger partial charge in [-0.3, -0.25) is 4.57 Å². The van der Waals surface area contributed by atoms with Crippen molar-refractivity contribution in [3.63, 3.8) is 0 Å². The van der Waals surface area contributed by atoms with Gasteiger partial charge in [0.1, 0.15) is 17.0 Å². The van der Waals surface area contributed by atoms with Gasteiger partial charge in [-0.2, -0.15) is 0 Å². The second kappa shape index (κ2) is 11.3. The minimum absolute atomic E-state index is 0.163. The highest BCUT2D eigenvalue weighted by Crippen LogP contribution is 2.48. The Balaban J connectivity index is 1.30. The Bertz CT molecular complexity index is 3120. The molecule has 2 heterocycles. The fourth-order valence-corrected chi connectivity index (χ4v) is 7.74. The van der Waals surface area contributed by atoms with Crippen LogP contribution in [0.5, 0.6) is 0 Å². The van der Waals surface area contributed by atoms with Crippen molar-refractivity contribution in [3.8, 4) is 39.1 Å². The molecule has 8 aromatic carbocycles. The summed E-state index contributed by atoms with van der Waals surface area (Å²) in [5, 5.41) is 6.36. The molecule has 10 rings (SSSR count). The van der Waals surface area contributed by atoms with E-state index in [1.54, 1.807) is 10.6 Å². The summed E-state index contributed by atoms with van der Waals surface area (Å²) in [4.78, 5) is 4.58. The molecule has 0 atom stereocenters. The molecule has 0 N–H and O–H groups in total. The van der Waals surface area contributed by atoms with E-state index in [-0.39, 0.29) is 5.82 Å². The van der Waals surface area contributed by atoms with Gasteiger partial charge in [0.15, 0.2) is 0 Å². The minimum atomic E-state index is -2.94. The van der Waals surface area contributed by atoms with Crippen LogP contribution in [-0.4, -0.2) is 9.55 Å². The summed E-state index contributed by atoms with van der Waals surface area (Å²) >= 11 is 0. The predicted molar refractivity (Wildman–Crippen MR) is 209 cm³/mol. The molecule has 0 aliphatic carbocycles. The average molecular weight is 646 g/mol. The van der Waals surface area contributed by atoms with Gasteiger partial charge in [0.2, 0.25) is 0 Å². The van der Waals surface area contributed by atoms with E-state index in [9.17, 15) is 0 Å². The average Bonchev–Trinajstić information content (AvgIpc) is 3.79. The Kier molecular flexibility index (Phi) is 5.39. The van der Waals surface area contributed by atoms with Crippen LogP contribution in [0, 0.1) is 0 Å². The smallest absolute Gasteiger partial charge is 0.136 e. The van der Waals surface area contributed by atoms with Crippen molar-refractivity contribution in [1.82, 2.24) is 9.55 Å². The summed E-state index contributed by atoms with van der Waals surface area (Å²) in [5.41, 5.74) is 9.74. The maximum atomic E-state index is 8.78. The molecule has 0 amide bonds. The maximum absolute atomic E-state index is 8.78. The molecule has 236 valence electrons. The second-order valence-electron chi connectivity index (χ2n) is 12.6. The molecule has 0 bridgehead atoms. The first kappa shape index (κ1) is 23.8. The minimum Gasteiger partial charge on any atom is -0.456 e. The molecule has 0 radical (unpaired) electrons. The van der Waals surface area contributed by atoms with Crippen LogP contribution in [0.3, 0.4) is 0 Å². The summed E-state index contributed by atoms with van der Waals surface area (Å²) in [5.74, 6) is -0.163. The number of aryl methyl sites for hydroxylation is 1. The molecule has 0 spiro atoms. The first-order valence-corrected chi connectivity index (χ1v) is 16.7. The Morgan fingerprint density at radius 3 is 2.14 bits per heavy atom. The number of imidazole rings is 1. The number of aromatic nitrogens is 2. The third-order valence-electron chi connectivity index (χ3n) is 9.87. The SMILES string of the molecule is [2H]C([2H])([2H])C([2H])([2H])c1nc2ccccc2n1-c1cccc(-c2c3ccccc3c(-c3cccc4oc5ccccc5c34)c3cc(-c4ccccc4)ccc23)c1. The summed E-state index contributed by atoms with van der Waals surface area (Å²) in [7, 11) is 0. The van der Waals surface area contributed by atoms with Crippen molar-refractivity contribution in [3.05, 3.63) is 170 Å². The van der Waals surface area contributed by atoms with Gasteiger partial charge in [0, 0.05) is 29.7 Å². The maximum Gasteiger partial charge on any atom is 0.136 e. The number of rotatable bonds is 5. The largest absolute Gasteiger partial charge is 0.456 e. The van der Waals surface area contributed by atoms with E-state index >= 15 is 0 Å². The lowest BCUT2D eigenvalue weighted by Crippen LogP contribution is -2.00. The highest BCUT2D eigenvalue weighted by Gasteiger charge is 2.21. The second-order valence-corrected chi connectivity index (χ2v) is 12.6. The first-order valence-electron chi connectivity index (χ1n) is 19.2. The highest BCUT2D eigenvalue weighted by atomic mass is 16.3. The van der Waals surface area contributed by atoms with Crippen molar-refractivity contribution in [2.75, 3.05) is 0 Å². The Morgan fingerprint density at radius 1 is 0.560 bits per heavy atom. The van der Waals surface area contributed by atoms with Crippen molar-refractivity contribution >= 4 is 54.5 Å². The fraction of sp³-hybridized carbons (Fsp3) is 0.0426. The van der Waals surface area contributed by atoms with Crippen molar-refractivity contribution < 1.29 is 11.3 Å². The molecule has 0 aliphatic rings. The van der Waals surface area contributed by atoms with Gasteiger partial charge in [-0.15, -0.1) is 0 Å². The number of nitrogens with zero attached hydrogens (tertiary/aromatic N) is 2. The first-order chi connectivity index (χ1) is 26.7. The molecule has 0 fully saturated rings. The zero-order valence-electron chi connectivity index (χ0n) is 31.9. The molecule has 0 unspecified atom stereocenters. The van der Waals surface area contributed by atoms with Gasteiger partial charge in [-0.25, -0.2) is 4.98 Å². The van der Waals surface area contributed by atoms with Crippen molar-refractivity contribution in [1.29, 1.82) is 0 Å². The number of para-hydroxylation sites is 3. The van der Waals surface area contributed by atoms with E-state index in [1.807, 2.05) is 66.7 Å². The van der Waals surface area contributed by atoms with Gasteiger partial charge < -0.3 is 4.42 Å². The van der Waals surface area contributed by atoms with Gasteiger partial charge >= 0.3 is 0 Å². The normalized spacial score (nSPS) is 13.8. The summed E-state index contributed by atoms with van der Waals surface area (Å²) < 4.78 is 50.0. The lowest BCUT2D eigenvalue weighted by molar-refractivity contribution is 0.669. The molecule has 2 aromatic heterocycles. The van der Waals surface area contributed by atoms with Crippen LogP contribution in [0.4, 0.5) is 0 Å². The summed E-state index contributed by atoms with van der Waals surface area (Å²) in [6, 6.07) is 55.2. The molecule has 50 heavy (non-hydrogen) atoms. The third kappa shape index (κ3) is 4.33. The topological polar surface area (TPSA) is 31.0 Å². The van der Waals surface area contributed by atoms with Crippen LogP contribution in [-0.2, 0) is 6.37 Å². The quantitative estimate of drug-likeness (QED) is 0.174. The Hall–Kier alpha value is -6.45. The van der Waals surface area contributed by atoms with E-state index in [1.165, 1.54) is 0 Å². The van der Waals surface area contributed by atoms with Gasteiger partial charge in [0.05, 0.1) is 11.0 Å². The molecule has 0 aliphatic heterocycles. The molecule has 0 saturated heterocycles. The van der Waals surface area contributed by atoms with Gasteiger partial charge in [-0.1, -0.05) is 128 Å². The molecule has 3 nitrogen and oxygen atoms in total. The Labute approximate surface area is 296 Å². The van der Waals surface area contributed by atoms with Crippen LogP contribution in [0.15, 0.2) is 168 Å². The van der Waals surface area contributed by atoms with Crippen LogP contribution < -0.4 is 0 Å². The van der Waals surface area contributed by atoms with Crippen LogP contribution >= 0.6 is 0 Å². The van der Waals surface area contributed by atoms with E-state index in [0.29, 0.717) is 16.7 Å². The van der Waals surface area contributed by atoms with E-state index in [0.717, 1.165) is 76.9 Å². The highest BCUT2D eigenvalue weighted by molar-refractivity contribution is 6.26. The predicted octanol–water partition coefficient (Wildman–Crippen LogP) is 12.8. The van der Waals surface area contributed by atoms with Gasteiger partial charge in [-0.05, 0) is 97.4 Å². The lowest BCUT2D eigenvalue weighted by Gasteiger charge is -2.20. The van der Waals surface area contributed by atoms with E-state index in [4.69, 9.17) is 11.3 Å². The zero-order valence-corrected chi connectivity index (χ0v) is 26.9. The van der Waals surface area contributed by atoms with Crippen LogP contribution in [0.2, 0.25) is 0 Å². The summed E-state index contributed by atoms with van der Waals surface area (Å²) in [6.45, 7) is -2.94. The molecule has 10 aromatic rings. The molecule has 3 heteroatoms. The Morgan fingerprint density at radius 2 is 1.26 bits per heavy atom.